The summed E-state index contributed by atoms with van der Waals surface area (Å²) < 4.78 is 11.1. The molecule has 36 heavy (non-hydrogen) atoms. The van der Waals surface area contributed by atoms with Crippen molar-refractivity contribution < 1.29 is 23.9 Å². The van der Waals surface area contributed by atoms with Crippen molar-refractivity contribution in [2.75, 3.05) is 18.1 Å². The van der Waals surface area contributed by atoms with Crippen molar-refractivity contribution in [3.8, 4) is 11.5 Å². The minimum atomic E-state index is -0.622. The molecule has 0 bridgehead atoms. The van der Waals surface area contributed by atoms with Crippen LogP contribution in [0.5, 0.6) is 11.5 Å². The maximum absolute atomic E-state index is 12.6. The van der Waals surface area contributed by atoms with Gasteiger partial charge < -0.3 is 19.7 Å². The lowest BCUT2D eigenvalue weighted by atomic mass is 10.1. The number of ether oxygens (including phenoxy) is 2. The van der Waals surface area contributed by atoms with Gasteiger partial charge in [-0.2, -0.15) is 0 Å². The van der Waals surface area contributed by atoms with Crippen molar-refractivity contribution in [1.82, 2.24) is 5.32 Å². The molecule has 1 fully saturated rings. The van der Waals surface area contributed by atoms with Crippen LogP contribution >= 0.6 is 0 Å². The zero-order valence-electron chi connectivity index (χ0n) is 20.7. The molecule has 7 heteroatoms. The van der Waals surface area contributed by atoms with Gasteiger partial charge in [-0.1, -0.05) is 36.4 Å². The summed E-state index contributed by atoms with van der Waals surface area (Å²) in [5.41, 5.74) is 3.98. The standard InChI is InChI=1S/C29H30N2O5/c1-19-9-12-26(15-20(19)2)36-25-13-10-24(11-14-25)31-17-23(16-28(31)33)29(34)35-18-27(32)30-21(3)22-7-5-4-6-8-22/h4-15,21,23H,16-18H2,1-3H3,(H,30,32)/t21-,23-/m1/s1. The van der Waals surface area contributed by atoms with Crippen LogP contribution in [0.3, 0.4) is 0 Å². The minimum Gasteiger partial charge on any atom is -0.457 e. The molecule has 3 aromatic carbocycles. The van der Waals surface area contributed by atoms with Gasteiger partial charge >= 0.3 is 5.97 Å². The Hall–Kier alpha value is -4.13. The predicted molar refractivity (Wildman–Crippen MR) is 137 cm³/mol. The molecular formula is C29H30N2O5. The highest BCUT2D eigenvalue weighted by Crippen LogP contribution is 2.29. The summed E-state index contributed by atoms with van der Waals surface area (Å²) in [6.07, 6.45) is 0.0434. The Balaban J connectivity index is 1.28. The molecule has 2 amide bonds. The van der Waals surface area contributed by atoms with E-state index in [9.17, 15) is 14.4 Å². The second-order valence-electron chi connectivity index (χ2n) is 9.06. The van der Waals surface area contributed by atoms with Crippen molar-refractivity contribution in [2.45, 2.75) is 33.2 Å². The van der Waals surface area contributed by atoms with Crippen LogP contribution in [0.15, 0.2) is 72.8 Å². The minimum absolute atomic E-state index is 0.0434. The van der Waals surface area contributed by atoms with Crippen molar-refractivity contribution in [1.29, 1.82) is 0 Å². The molecule has 1 aliphatic heterocycles. The first-order valence-electron chi connectivity index (χ1n) is 12.0. The van der Waals surface area contributed by atoms with Gasteiger partial charge in [0.2, 0.25) is 5.91 Å². The lowest BCUT2D eigenvalue weighted by Gasteiger charge is -2.17. The van der Waals surface area contributed by atoms with Crippen molar-refractivity contribution >= 4 is 23.5 Å². The molecule has 1 N–H and O–H groups in total. The second kappa shape index (κ2) is 11.1. The molecule has 1 aliphatic rings. The number of nitrogens with one attached hydrogen (secondary N) is 1. The molecule has 4 rings (SSSR count). The molecule has 7 nitrogen and oxygen atoms in total. The summed E-state index contributed by atoms with van der Waals surface area (Å²) in [6.45, 7) is 5.76. The van der Waals surface area contributed by atoms with Gasteiger partial charge in [0.25, 0.3) is 5.91 Å². The Morgan fingerprint density at radius 2 is 1.67 bits per heavy atom. The number of carbonyl (C=O) groups is 3. The molecule has 0 aromatic heterocycles. The zero-order valence-corrected chi connectivity index (χ0v) is 20.7. The molecule has 1 heterocycles. The highest BCUT2D eigenvalue weighted by atomic mass is 16.5. The fraction of sp³-hybridized carbons (Fsp3) is 0.276. The first-order valence-corrected chi connectivity index (χ1v) is 12.0. The number of hydrogen-bond donors (Lipinski definition) is 1. The summed E-state index contributed by atoms with van der Waals surface area (Å²) in [7, 11) is 0. The second-order valence-corrected chi connectivity index (χ2v) is 9.06. The quantitative estimate of drug-likeness (QED) is 0.459. The number of benzene rings is 3. The average molecular weight is 487 g/mol. The number of carbonyl (C=O) groups excluding carboxylic acids is 3. The lowest BCUT2D eigenvalue weighted by Crippen LogP contribution is -2.32. The molecule has 3 aromatic rings. The number of nitrogens with zero attached hydrogens (tertiary/aromatic N) is 1. The number of aryl methyl sites for hydroxylation is 2. The first kappa shape index (κ1) is 25.0. The molecule has 0 aliphatic carbocycles. The van der Waals surface area contributed by atoms with E-state index in [0.717, 1.165) is 16.9 Å². The van der Waals surface area contributed by atoms with E-state index in [4.69, 9.17) is 9.47 Å². The summed E-state index contributed by atoms with van der Waals surface area (Å²) in [4.78, 5) is 38.9. The van der Waals surface area contributed by atoms with Crippen LogP contribution < -0.4 is 15.0 Å². The number of hydrogen-bond acceptors (Lipinski definition) is 5. The third-order valence-electron chi connectivity index (χ3n) is 6.34. The molecule has 0 radical (unpaired) electrons. The van der Waals surface area contributed by atoms with Crippen LogP contribution in [-0.4, -0.2) is 30.9 Å². The predicted octanol–water partition coefficient (Wildman–Crippen LogP) is 4.87. The highest BCUT2D eigenvalue weighted by molar-refractivity contribution is 5.99. The SMILES string of the molecule is Cc1ccc(Oc2ccc(N3C[C@H](C(=O)OCC(=O)N[C@H](C)c4ccccc4)CC3=O)cc2)cc1C. The van der Waals surface area contributed by atoms with Gasteiger partial charge in [0.05, 0.1) is 12.0 Å². The van der Waals surface area contributed by atoms with Crippen LogP contribution in [0.2, 0.25) is 0 Å². The van der Waals surface area contributed by atoms with Crippen molar-refractivity contribution in [2.24, 2.45) is 5.92 Å². The van der Waals surface area contributed by atoms with E-state index in [0.29, 0.717) is 11.4 Å². The van der Waals surface area contributed by atoms with Gasteiger partial charge in [0.1, 0.15) is 11.5 Å². The summed E-state index contributed by atoms with van der Waals surface area (Å²) in [5, 5.41) is 2.81. The topological polar surface area (TPSA) is 84.9 Å². The normalized spacial score (nSPS) is 15.9. The van der Waals surface area contributed by atoms with Crippen molar-refractivity contribution in [3.05, 3.63) is 89.5 Å². The maximum Gasteiger partial charge on any atom is 0.311 e. The maximum atomic E-state index is 12.6. The Morgan fingerprint density at radius 1 is 0.972 bits per heavy atom. The number of amides is 2. The third kappa shape index (κ3) is 6.10. The fourth-order valence-corrected chi connectivity index (χ4v) is 4.09. The first-order chi connectivity index (χ1) is 17.3. The summed E-state index contributed by atoms with van der Waals surface area (Å²) in [5.74, 6) is -0.331. The molecular weight excluding hydrogens is 456 g/mol. The van der Waals surface area contributed by atoms with Gasteiger partial charge in [0, 0.05) is 18.7 Å². The van der Waals surface area contributed by atoms with Crippen LogP contribution in [0.1, 0.15) is 36.1 Å². The lowest BCUT2D eigenvalue weighted by molar-refractivity contribution is -0.152. The number of rotatable bonds is 8. The number of anilines is 1. The molecule has 2 atom stereocenters. The highest BCUT2D eigenvalue weighted by Gasteiger charge is 2.36. The monoisotopic (exact) mass is 486 g/mol. The van der Waals surface area contributed by atoms with Crippen LogP contribution in [0.4, 0.5) is 5.69 Å². The van der Waals surface area contributed by atoms with E-state index in [2.05, 4.69) is 5.32 Å². The van der Waals surface area contributed by atoms with E-state index in [1.165, 1.54) is 5.56 Å². The average Bonchev–Trinajstić information content (AvgIpc) is 3.27. The Kier molecular flexibility index (Phi) is 7.68. The van der Waals surface area contributed by atoms with Gasteiger partial charge in [-0.15, -0.1) is 0 Å². The zero-order chi connectivity index (χ0) is 25.7. The largest absolute Gasteiger partial charge is 0.457 e. The van der Waals surface area contributed by atoms with E-state index in [-0.39, 0.29) is 37.4 Å². The Bertz CT molecular complexity index is 1240. The van der Waals surface area contributed by atoms with E-state index in [1.807, 2.05) is 69.3 Å². The summed E-state index contributed by atoms with van der Waals surface area (Å²) in [6, 6.07) is 22.4. The summed E-state index contributed by atoms with van der Waals surface area (Å²) >= 11 is 0. The van der Waals surface area contributed by atoms with E-state index < -0.39 is 11.9 Å². The van der Waals surface area contributed by atoms with Gasteiger partial charge in [0.15, 0.2) is 6.61 Å². The van der Waals surface area contributed by atoms with Crippen LogP contribution in [-0.2, 0) is 19.1 Å². The van der Waals surface area contributed by atoms with Crippen LogP contribution in [0, 0.1) is 19.8 Å². The van der Waals surface area contributed by atoms with Crippen LogP contribution in [0.25, 0.3) is 0 Å². The molecule has 1 saturated heterocycles. The molecule has 0 unspecified atom stereocenters. The Morgan fingerprint density at radius 3 is 2.36 bits per heavy atom. The van der Waals surface area contributed by atoms with E-state index in [1.54, 1.807) is 29.2 Å². The van der Waals surface area contributed by atoms with Gasteiger partial charge in [-0.05, 0) is 73.9 Å². The van der Waals surface area contributed by atoms with Crippen molar-refractivity contribution in [3.63, 3.8) is 0 Å². The van der Waals surface area contributed by atoms with Gasteiger partial charge in [-0.3, -0.25) is 14.4 Å². The molecule has 186 valence electrons. The van der Waals surface area contributed by atoms with Gasteiger partial charge in [-0.25, -0.2) is 0 Å². The fourth-order valence-electron chi connectivity index (χ4n) is 4.09. The molecule has 0 spiro atoms. The smallest absolute Gasteiger partial charge is 0.311 e. The van der Waals surface area contributed by atoms with E-state index >= 15 is 0 Å². The third-order valence-corrected chi connectivity index (χ3v) is 6.34. The number of esters is 1. The Labute approximate surface area is 211 Å². The molecule has 0 saturated carbocycles.